The number of amides is 1. The minimum Gasteiger partial charge on any atom is -0.342 e. The zero-order valence-electron chi connectivity index (χ0n) is 14.8. The maximum absolute atomic E-state index is 13.4. The SMILES string of the molecule is O=C1CC(c2noc(-c3cccc(F)c3)n2)CN1CCCc1ccccc1. The molecule has 0 radical (unpaired) electrons. The van der Waals surface area contributed by atoms with E-state index in [1.165, 1.54) is 17.7 Å². The van der Waals surface area contributed by atoms with Gasteiger partial charge in [0.1, 0.15) is 5.82 Å². The molecule has 1 aromatic heterocycles. The first kappa shape index (κ1) is 17.4. The average molecular weight is 365 g/mol. The van der Waals surface area contributed by atoms with E-state index < -0.39 is 0 Å². The van der Waals surface area contributed by atoms with Crippen molar-refractivity contribution >= 4 is 5.91 Å². The van der Waals surface area contributed by atoms with Crippen LogP contribution in [0.4, 0.5) is 4.39 Å². The summed E-state index contributed by atoms with van der Waals surface area (Å²) in [4.78, 5) is 18.6. The van der Waals surface area contributed by atoms with Crippen molar-refractivity contribution in [1.29, 1.82) is 0 Å². The van der Waals surface area contributed by atoms with Crippen molar-refractivity contribution in [2.75, 3.05) is 13.1 Å². The smallest absolute Gasteiger partial charge is 0.258 e. The Hall–Kier alpha value is -3.02. The normalized spacial score (nSPS) is 16.9. The van der Waals surface area contributed by atoms with E-state index in [2.05, 4.69) is 22.3 Å². The first-order valence-electron chi connectivity index (χ1n) is 9.10. The Kier molecular flexibility index (Phi) is 4.96. The molecule has 0 bridgehead atoms. The van der Waals surface area contributed by atoms with Gasteiger partial charge in [0.05, 0.1) is 0 Å². The highest BCUT2D eigenvalue weighted by atomic mass is 19.1. The van der Waals surface area contributed by atoms with Gasteiger partial charge in [-0.15, -0.1) is 0 Å². The molecule has 1 saturated heterocycles. The van der Waals surface area contributed by atoms with Crippen molar-refractivity contribution in [2.45, 2.75) is 25.2 Å². The van der Waals surface area contributed by atoms with Crippen molar-refractivity contribution in [1.82, 2.24) is 15.0 Å². The largest absolute Gasteiger partial charge is 0.342 e. The van der Waals surface area contributed by atoms with E-state index >= 15 is 0 Å². The lowest BCUT2D eigenvalue weighted by Gasteiger charge is -2.15. The lowest BCUT2D eigenvalue weighted by atomic mass is 10.1. The van der Waals surface area contributed by atoms with Crippen molar-refractivity contribution < 1.29 is 13.7 Å². The lowest BCUT2D eigenvalue weighted by Crippen LogP contribution is -2.26. The van der Waals surface area contributed by atoms with E-state index in [1.807, 2.05) is 23.1 Å². The molecule has 2 heterocycles. The van der Waals surface area contributed by atoms with Crippen LogP contribution in [0.3, 0.4) is 0 Å². The van der Waals surface area contributed by atoms with Crippen LogP contribution >= 0.6 is 0 Å². The number of benzene rings is 2. The minimum atomic E-state index is -0.354. The molecule has 6 heteroatoms. The number of rotatable bonds is 6. The molecule has 1 amide bonds. The van der Waals surface area contributed by atoms with Gasteiger partial charge < -0.3 is 9.42 Å². The predicted octanol–water partition coefficient (Wildman–Crippen LogP) is 3.82. The molecule has 0 spiro atoms. The topological polar surface area (TPSA) is 59.2 Å². The molecule has 0 aliphatic carbocycles. The second-order valence-corrected chi connectivity index (χ2v) is 6.80. The number of hydrogen-bond donors (Lipinski definition) is 0. The number of carbonyl (C=O) groups excluding carboxylic acids is 1. The van der Waals surface area contributed by atoms with Crippen LogP contribution in [-0.4, -0.2) is 34.0 Å². The van der Waals surface area contributed by atoms with E-state index in [4.69, 9.17) is 4.52 Å². The summed E-state index contributed by atoms with van der Waals surface area (Å²) in [5.41, 5.74) is 1.82. The number of hydrogen-bond acceptors (Lipinski definition) is 4. The van der Waals surface area contributed by atoms with Gasteiger partial charge in [0.2, 0.25) is 5.91 Å². The Morgan fingerprint density at radius 2 is 2.00 bits per heavy atom. The van der Waals surface area contributed by atoms with E-state index in [9.17, 15) is 9.18 Å². The fourth-order valence-corrected chi connectivity index (χ4v) is 3.42. The van der Waals surface area contributed by atoms with Crippen molar-refractivity contribution in [2.24, 2.45) is 0 Å². The van der Waals surface area contributed by atoms with Gasteiger partial charge in [0, 0.05) is 31.0 Å². The van der Waals surface area contributed by atoms with Gasteiger partial charge in [-0.1, -0.05) is 41.6 Å². The van der Waals surface area contributed by atoms with Crippen LogP contribution in [0.25, 0.3) is 11.5 Å². The quantitative estimate of drug-likeness (QED) is 0.666. The van der Waals surface area contributed by atoms with Crippen LogP contribution in [0.2, 0.25) is 0 Å². The predicted molar refractivity (Wildman–Crippen MR) is 98.4 cm³/mol. The van der Waals surface area contributed by atoms with E-state index in [1.54, 1.807) is 12.1 Å². The summed E-state index contributed by atoms with van der Waals surface area (Å²) in [6.45, 7) is 1.31. The highest BCUT2D eigenvalue weighted by molar-refractivity contribution is 5.79. The number of nitrogens with zero attached hydrogens (tertiary/aromatic N) is 3. The summed E-state index contributed by atoms with van der Waals surface area (Å²) in [7, 11) is 0. The fraction of sp³-hybridized carbons (Fsp3) is 0.286. The maximum Gasteiger partial charge on any atom is 0.258 e. The summed E-state index contributed by atoms with van der Waals surface area (Å²) >= 11 is 0. The fourth-order valence-electron chi connectivity index (χ4n) is 3.42. The number of likely N-dealkylation sites (tertiary alicyclic amines) is 1. The zero-order valence-corrected chi connectivity index (χ0v) is 14.8. The molecule has 0 N–H and O–H groups in total. The zero-order chi connectivity index (χ0) is 18.6. The molecule has 3 aromatic rings. The first-order chi connectivity index (χ1) is 13.2. The van der Waals surface area contributed by atoms with Crippen molar-refractivity contribution in [3.63, 3.8) is 0 Å². The van der Waals surface area contributed by atoms with Crippen LogP contribution in [0, 0.1) is 5.82 Å². The minimum absolute atomic E-state index is 0.0831. The monoisotopic (exact) mass is 365 g/mol. The Balaban J connectivity index is 1.36. The van der Waals surface area contributed by atoms with Crippen molar-refractivity contribution in [3.05, 3.63) is 71.8 Å². The Morgan fingerprint density at radius 3 is 2.81 bits per heavy atom. The first-order valence-corrected chi connectivity index (χ1v) is 9.10. The van der Waals surface area contributed by atoms with Gasteiger partial charge >= 0.3 is 0 Å². The highest BCUT2D eigenvalue weighted by Crippen LogP contribution is 2.28. The summed E-state index contributed by atoms with van der Waals surface area (Å²) in [5.74, 6) is 0.464. The number of carbonyl (C=O) groups is 1. The Labute approximate surface area is 156 Å². The van der Waals surface area contributed by atoms with E-state index in [0.717, 1.165) is 19.4 Å². The molecular weight excluding hydrogens is 345 g/mol. The van der Waals surface area contributed by atoms with Crippen LogP contribution in [0.5, 0.6) is 0 Å². The second kappa shape index (κ2) is 7.70. The molecular formula is C21H20FN3O2. The summed E-state index contributed by atoms with van der Waals surface area (Å²) in [5, 5.41) is 4.01. The molecule has 1 aliphatic heterocycles. The van der Waals surface area contributed by atoms with Crippen LogP contribution in [0.15, 0.2) is 59.1 Å². The van der Waals surface area contributed by atoms with Gasteiger partial charge in [0.25, 0.3) is 5.89 Å². The molecule has 0 saturated carbocycles. The molecule has 1 unspecified atom stereocenters. The van der Waals surface area contributed by atoms with Gasteiger partial charge in [-0.25, -0.2) is 4.39 Å². The maximum atomic E-state index is 13.4. The summed E-state index contributed by atoms with van der Waals surface area (Å²) < 4.78 is 18.6. The van der Waals surface area contributed by atoms with Gasteiger partial charge in [0.15, 0.2) is 5.82 Å². The molecule has 138 valence electrons. The van der Waals surface area contributed by atoms with E-state index in [0.29, 0.717) is 24.4 Å². The molecule has 1 fully saturated rings. The van der Waals surface area contributed by atoms with Crippen LogP contribution < -0.4 is 0 Å². The number of aromatic nitrogens is 2. The molecule has 5 nitrogen and oxygen atoms in total. The van der Waals surface area contributed by atoms with Crippen LogP contribution in [-0.2, 0) is 11.2 Å². The Bertz CT molecular complexity index is 926. The summed E-state index contributed by atoms with van der Waals surface area (Å²) in [6.07, 6.45) is 2.25. The molecule has 1 aliphatic rings. The molecule has 2 aromatic carbocycles. The van der Waals surface area contributed by atoms with Gasteiger partial charge in [-0.2, -0.15) is 4.98 Å². The third-order valence-corrected chi connectivity index (χ3v) is 4.83. The van der Waals surface area contributed by atoms with Gasteiger partial charge in [-0.3, -0.25) is 4.79 Å². The van der Waals surface area contributed by atoms with Crippen LogP contribution in [0.1, 0.15) is 30.1 Å². The van der Waals surface area contributed by atoms with E-state index in [-0.39, 0.29) is 23.5 Å². The third kappa shape index (κ3) is 4.05. The average Bonchev–Trinajstić information content (AvgIpc) is 3.30. The number of aryl methyl sites for hydroxylation is 1. The summed E-state index contributed by atoms with van der Waals surface area (Å²) in [6, 6.07) is 16.3. The molecule has 27 heavy (non-hydrogen) atoms. The molecule has 4 rings (SSSR count). The lowest BCUT2D eigenvalue weighted by molar-refractivity contribution is -0.127. The molecule has 1 atom stereocenters. The standard InChI is InChI=1S/C21H20FN3O2/c22-18-10-4-9-16(12-18)21-23-20(24-27-21)17-13-19(26)25(14-17)11-5-8-15-6-2-1-3-7-15/h1-4,6-7,9-10,12,17H,5,8,11,13-14H2. The highest BCUT2D eigenvalue weighted by Gasteiger charge is 2.33. The Morgan fingerprint density at radius 1 is 1.15 bits per heavy atom. The number of halogens is 1. The third-order valence-electron chi connectivity index (χ3n) is 4.83. The van der Waals surface area contributed by atoms with Gasteiger partial charge in [-0.05, 0) is 36.6 Å². The second-order valence-electron chi connectivity index (χ2n) is 6.80. The van der Waals surface area contributed by atoms with Crippen molar-refractivity contribution in [3.8, 4) is 11.5 Å².